The summed E-state index contributed by atoms with van der Waals surface area (Å²) in [6.45, 7) is 1.67. The van der Waals surface area contributed by atoms with E-state index in [0.717, 1.165) is 6.54 Å². The normalized spacial score (nSPS) is 24.5. The van der Waals surface area contributed by atoms with Crippen LogP contribution in [0.4, 0.5) is 4.39 Å². The van der Waals surface area contributed by atoms with Crippen LogP contribution < -0.4 is 0 Å². The Bertz CT molecular complexity index is 402. The van der Waals surface area contributed by atoms with Crippen LogP contribution in [0.1, 0.15) is 5.56 Å². The zero-order chi connectivity index (χ0) is 12.1. The van der Waals surface area contributed by atoms with E-state index in [9.17, 15) is 4.39 Å². The van der Waals surface area contributed by atoms with Crippen LogP contribution in [-0.4, -0.2) is 30.7 Å². The van der Waals surface area contributed by atoms with E-state index in [-0.39, 0.29) is 12.0 Å². The maximum Gasteiger partial charge on any atom is 0.0939 e. The van der Waals surface area contributed by atoms with Crippen molar-refractivity contribution in [2.24, 2.45) is 11.0 Å². The summed E-state index contributed by atoms with van der Waals surface area (Å²) in [6, 6.07) is 9.82. The number of hydrogen-bond donors (Lipinski definition) is 0. The molecule has 2 unspecified atom stereocenters. The van der Waals surface area contributed by atoms with Crippen LogP contribution in [0.5, 0.6) is 0 Å². The number of benzene rings is 1. The van der Waals surface area contributed by atoms with E-state index in [4.69, 9.17) is 5.53 Å². The van der Waals surface area contributed by atoms with Crippen molar-refractivity contribution >= 4 is 0 Å². The lowest BCUT2D eigenvalue weighted by atomic mass is 10.1. The van der Waals surface area contributed by atoms with Crippen molar-refractivity contribution in [2.75, 3.05) is 19.8 Å². The molecule has 90 valence electrons. The summed E-state index contributed by atoms with van der Waals surface area (Å²) in [5, 5.41) is 3.67. The summed E-state index contributed by atoms with van der Waals surface area (Å²) in [4.78, 5) is 4.93. The van der Waals surface area contributed by atoms with Gasteiger partial charge < -0.3 is 0 Å². The molecule has 1 aromatic rings. The van der Waals surface area contributed by atoms with Gasteiger partial charge in [0, 0.05) is 30.5 Å². The molecule has 0 bridgehead atoms. The molecule has 0 radical (unpaired) electrons. The maximum absolute atomic E-state index is 12.8. The fourth-order valence-electron chi connectivity index (χ4n) is 2.26. The predicted molar refractivity (Wildman–Crippen MR) is 64.1 cm³/mol. The van der Waals surface area contributed by atoms with Crippen molar-refractivity contribution in [1.82, 2.24) is 4.90 Å². The van der Waals surface area contributed by atoms with Gasteiger partial charge in [0.05, 0.1) is 12.7 Å². The van der Waals surface area contributed by atoms with Gasteiger partial charge in [-0.2, -0.15) is 0 Å². The highest BCUT2D eigenvalue weighted by atomic mass is 19.1. The van der Waals surface area contributed by atoms with Crippen LogP contribution >= 0.6 is 0 Å². The first kappa shape index (κ1) is 11.9. The highest BCUT2D eigenvalue weighted by Crippen LogP contribution is 2.22. The van der Waals surface area contributed by atoms with E-state index in [1.807, 2.05) is 30.3 Å². The van der Waals surface area contributed by atoms with Crippen molar-refractivity contribution in [3.05, 3.63) is 46.3 Å². The van der Waals surface area contributed by atoms with E-state index in [0.29, 0.717) is 13.1 Å². The molecule has 0 spiro atoms. The summed E-state index contributed by atoms with van der Waals surface area (Å²) in [5.74, 6) is -0.158. The molecule has 17 heavy (non-hydrogen) atoms. The van der Waals surface area contributed by atoms with Crippen LogP contribution in [0.2, 0.25) is 0 Å². The third kappa shape index (κ3) is 2.96. The number of likely N-dealkylation sites (tertiary alicyclic amines) is 1. The number of alkyl halides is 1. The molecule has 5 heteroatoms. The molecule has 0 saturated carbocycles. The lowest BCUT2D eigenvalue weighted by Gasteiger charge is -2.15. The maximum atomic E-state index is 12.8. The summed E-state index contributed by atoms with van der Waals surface area (Å²) in [7, 11) is 0. The summed E-state index contributed by atoms with van der Waals surface area (Å²) < 4.78 is 12.8. The Balaban J connectivity index is 1.98. The van der Waals surface area contributed by atoms with Gasteiger partial charge in [-0.1, -0.05) is 35.4 Å². The Kier molecular flexibility index (Phi) is 3.96. The first-order chi connectivity index (χ1) is 8.33. The number of nitrogens with zero attached hydrogens (tertiary/aromatic N) is 4. The minimum atomic E-state index is -0.422. The molecular formula is C12H15FN4. The van der Waals surface area contributed by atoms with E-state index >= 15 is 0 Å². The predicted octanol–water partition coefficient (Wildman–Crippen LogP) is 2.77. The van der Waals surface area contributed by atoms with Crippen LogP contribution in [0, 0.1) is 5.92 Å². The molecule has 1 aromatic carbocycles. The zero-order valence-electron chi connectivity index (χ0n) is 9.54. The van der Waals surface area contributed by atoms with Crippen molar-refractivity contribution in [2.45, 2.75) is 12.6 Å². The summed E-state index contributed by atoms with van der Waals surface area (Å²) >= 11 is 0. The van der Waals surface area contributed by atoms with Crippen molar-refractivity contribution in [3.8, 4) is 0 Å². The second-order valence-electron chi connectivity index (χ2n) is 4.37. The molecule has 1 aliphatic heterocycles. The van der Waals surface area contributed by atoms with Gasteiger partial charge in [-0.3, -0.25) is 9.29 Å². The molecule has 0 N–H and O–H groups in total. The fourth-order valence-corrected chi connectivity index (χ4v) is 2.26. The topological polar surface area (TPSA) is 52.0 Å². The van der Waals surface area contributed by atoms with Crippen LogP contribution in [0.3, 0.4) is 0 Å². The molecule has 0 aromatic heterocycles. The Morgan fingerprint density at radius 1 is 1.35 bits per heavy atom. The molecular weight excluding hydrogens is 219 g/mol. The van der Waals surface area contributed by atoms with Gasteiger partial charge in [-0.05, 0) is 11.1 Å². The molecule has 4 nitrogen and oxygen atoms in total. The van der Waals surface area contributed by atoms with E-state index < -0.39 is 6.67 Å². The first-order valence-corrected chi connectivity index (χ1v) is 5.70. The second kappa shape index (κ2) is 5.66. The third-order valence-electron chi connectivity index (χ3n) is 3.13. The van der Waals surface area contributed by atoms with Crippen LogP contribution in [-0.2, 0) is 6.54 Å². The van der Waals surface area contributed by atoms with E-state index in [1.165, 1.54) is 5.56 Å². The SMILES string of the molecule is [N-]=[N+]=NC1CN(Cc2ccccc2)CC1CF. The smallest absolute Gasteiger partial charge is 0.0939 e. The molecule has 1 aliphatic rings. The molecule has 0 amide bonds. The van der Waals surface area contributed by atoms with Gasteiger partial charge in [0.15, 0.2) is 0 Å². The molecule has 2 rings (SSSR count). The van der Waals surface area contributed by atoms with Gasteiger partial charge in [0.25, 0.3) is 0 Å². The quantitative estimate of drug-likeness (QED) is 0.449. The first-order valence-electron chi connectivity index (χ1n) is 5.70. The minimum absolute atomic E-state index is 0.158. The molecule has 0 aliphatic carbocycles. The average Bonchev–Trinajstić information content (AvgIpc) is 2.73. The Hall–Kier alpha value is -1.58. The van der Waals surface area contributed by atoms with Crippen LogP contribution in [0.15, 0.2) is 35.4 Å². The number of hydrogen-bond acceptors (Lipinski definition) is 2. The van der Waals surface area contributed by atoms with Crippen molar-refractivity contribution in [3.63, 3.8) is 0 Å². The Morgan fingerprint density at radius 3 is 2.76 bits per heavy atom. The van der Waals surface area contributed by atoms with Gasteiger partial charge in [-0.25, -0.2) is 0 Å². The van der Waals surface area contributed by atoms with E-state index in [2.05, 4.69) is 14.9 Å². The van der Waals surface area contributed by atoms with E-state index in [1.54, 1.807) is 0 Å². The number of rotatable bonds is 4. The van der Waals surface area contributed by atoms with Crippen molar-refractivity contribution < 1.29 is 4.39 Å². The second-order valence-corrected chi connectivity index (χ2v) is 4.37. The highest BCUT2D eigenvalue weighted by Gasteiger charge is 2.31. The zero-order valence-corrected chi connectivity index (χ0v) is 9.54. The Labute approximate surface area is 99.7 Å². The molecule has 1 heterocycles. The lowest BCUT2D eigenvalue weighted by Crippen LogP contribution is -2.20. The van der Waals surface area contributed by atoms with Gasteiger partial charge >= 0.3 is 0 Å². The highest BCUT2D eigenvalue weighted by molar-refractivity contribution is 5.14. The average molecular weight is 234 g/mol. The monoisotopic (exact) mass is 234 g/mol. The summed E-state index contributed by atoms with van der Waals surface area (Å²) in [5.41, 5.74) is 9.63. The van der Waals surface area contributed by atoms with Crippen molar-refractivity contribution in [1.29, 1.82) is 0 Å². The lowest BCUT2D eigenvalue weighted by molar-refractivity contribution is 0.296. The number of azide groups is 1. The Morgan fingerprint density at radius 2 is 2.12 bits per heavy atom. The van der Waals surface area contributed by atoms with Gasteiger partial charge in [-0.15, -0.1) is 0 Å². The molecule has 1 fully saturated rings. The largest absolute Gasteiger partial charge is 0.298 e. The number of halogens is 1. The van der Waals surface area contributed by atoms with Crippen LogP contribution in [0.25, 0.3) is 10.4 Å². The van der Waals surface area contributed by atoms with Gasteiger partial charge in [0.1, 0.15) is 0 Å². The molecule has 1 saturated heterocycles. The third-order valence-corrected chi connectivity index (χ3v) is 3.13. The minimum Gasteiger partial charge on any atom is -0.298 e. The standard InChI is InChI=1S/C12H15FN4/c13-6-11-8-17(9-12(11)15-16-14)7-10-4-2-1-3-5-10/h1-5,11-12H,6-9H2. The summed E-state index contributed by atoms with van der Waals surface area (Å²) in [6.07, 6.45) is 0. The fraction of sp³-hybridized carbons (Fsp3) is 0.500. The molecule has 2 atom stereocenters. The van der Waals surface area contributed by atoms with Gasteiger partial charge in [0.2, 0.25) is 0 Å².